The number of hydrogen-bond donors (Lipinski definition) is 0. The molecule has 0 N–H and O–H groups in total. The number of benzene rings is 2. The van der Waals surface area contributed by atoms with Crippen molar-refractivity contribution in [2.45, 2.75) is 26.1 Å². The molecule has 0 aromatic heterocycles. The van der Waals surface area contributed by atoms with Crippen molar-refractivity contribution in [1.82, 2.24) is 0 Å². The molecule has 0 bridgehead atoms. The summed E-state index contributed by atoms with van der Waals surface area (Å²) in [5, 5.41) is 0. The minimum atomic E-state index is -0.381. The molecule has 0 aliphatic carbocycles. The molecule has 1 heterocycles. The smallest absolute Gasteiger partial charge is 0.410 e. The molecule has 2 aromatic rings. The molecular formula is C20H23BO3. The Hall–Kier alpha value is -1.91. The molecule has 24 heavy (non-hydrogen) atoms. The monoisotopic (exact) mass is 322 g/mol. The molecular weight excluding hydrogens is 299 g/mol. The van der Waals surface area contributed by atoms with Crippen LogP contribution in [0, 0.1) is 5.41 Å². The molecule has 1 aliphatic rings. The quantitative estimate of drug-likeness (QED) is 0.613. The average Bonchev–Trinajstić information content (AvgIpc) is 2.61. The lowest BCUT2D eigenvalue weighted by atomic mass is 9.64. The molecule has 0 spiro atoms. The van der Waals surface area contributed by atoms with Crippen LogP contribution in [0.1, 0.15) is 42.0 Å². The van der Waals surface area contributed by atoms with E-state index >= 15 is 0 Å². The van der Waals surface area contributed by atoms with Crippen LogP contribution in [-0.2, 0) is 9.31 Å². The first-order valence-electron chi connectivity index (χ1n) is 8.42. The van der Waals surface area contributed by atoms with E-state index in [-0.39, 0.29) is 24.1 Å². The van der Waals surface area contributed by atoms with Gasteiger partial charge in [-0.05, 0) is 5.56 Å². The van der Waals surface area contributed by atoms with Gasteiger partial charge in [0.15, 0.2) is 5.78 Å². The number of hydrogen-bond acceptors (Lipinski definition) is 3. The van der Waals surface area contributed by atoms with Gasteiger partial charge in [0.25, 0.3) is 0 Å². The number of ketones is 1. The number of carbonyl (C=O) groups excluding carboxylic acids is 1. The zero-order valence-corrected chi connectivity index (χ0v) is 14.3. The molecule has 0 saturated carbocycles. The Morgan fingerprint density at radius 3 is 2.12 bits per heavy atom. The molecule has 1 aliphatic heterocycles. The highest BCUT2D eigenvalue weighted by atomic mass is 16.6. The fourth-order valence-corrected chi connectivity index (χ4v) is 2.95. The van der Waals surface area contributed by atoms with Crippen LogP contribution in [0.3, 0.4) is 0 Å². The van der Waals surface area contributed by atoms with Crippen molar-refractivity contribution in [3.63, 3.8) is 0 Å². The summed E-state index contributed by atoms with van der Waals surface area (Å²) in [6.45, 7) is 5.52. The first-order chi connectivity index (χ1) is 11.6. The Morgan fingerprint density at radius 1 is 1.00 bits per heavy atom. The van der Waals surface area contributed by atoms with Gasteiger partial charge in [0.2, 0.25) is 0 Å². The van der Waals surface area contributed by atoms with Crippen LogP contribution in [0.25, 0.3) is 0 Å². The van der Waals surface area contributed by atoms with E-state index in [1.54, 1.807) is 0 Å². The van der Waals surface area contributed by atoms with Crippen molar-refractivity contribution in [3.8, 4) is 0 Å². The number of carbonyl (C=O) groups is 1. The van der Waals surface area contributed by atoms with Gasteiger partial charge in [-0.1, -0.05) is 74.5 Å². The second-order valence-electron chi connectivity index (χ2n) is 7.17. The second kappa shape index (κ2) is 7.33. The van der Waals surface area contributed by atoms with Crippen LogP contribution in [0.4, 0.5) is 0 Å². The highest BCUT2D eigenvalue weighted by molar-refractivity contribution is 6.47. The Kier molecular flexibility index (Phi) is 5.17. The molecule has 1 atom stereocenters. The number of rotatable bonds is 5. The third-order valence-electron chi connectivity index (χ3n) is 4.33. The molecule has 0 amide bonds. The van der Waals surface area contributed by atoms with Gasteiger partial charge in [-0.25, -0.2) is 0 Å². The van der Waals surface area contributed by atoms with Gasteiger partial charge < -0.3 is 9.31 Å². The van der Waals surface area contributed by atoms with Crippen LogP contribution in [0.15, 0.2) is 60.7 Å². The first kappa shape index (κ1) is 16.9. The van der Waals surface area contributed by atoms with Crippen LogP contribution >= 0.6 is 0 Å². The molecule has 0 radical (unpaired) electrons. The zero-order chi connectivity index (χ0) is 17.0. The summed E-state index contributed by atoms with van der Waals surface area (Å²) in [4.78, 5) is 12.7. The van der Waals surface area contributed by atoms with Crippen molar-refractivity contribution in [2.75, 3.05) is 13.2 Å². The average molecular weight is 322 g/mol. The Bertz CT molecular complexity index is 660. The lowest BCUT2D eigenvalue weighted by molar-refractivity contribution is 0.0238. The molecule has 1 fully saturated rings. The predicted molar refractivity (Wildman–Crippen MR) is 96.0 cm³/mol. The van der Waals surface area contributed by atoms with Crippen molar-refractivity contribution in [2.24, 2.45) is 5.41 Å². The van der Waals surface area contributed by atoms with Crippen LogP contribution < -0.4 is 0 Å². The molecule has 2 aromatic carbocycles. The lowest BCUT2D eigenvalue weighted by Gasteiger charge is -2.36. The summed E-state index contributed by atoms with van der Waals surface area (Å²) in [6.07, 6.45) is 0.374. The minimum Gasteiger partial charge on any atom is -0.410 e. The van der Waals surface area contributed by atoms with Crippen molar-refractivity contribution >= 4 is 12.9 Å². The standard InChI is InChI=1S/C20H23BO3/c1-20(2)14-23-21(24-15-20)18(16-9-5-3-6-10-16)13-19(22)17-11-7-4-8-12-17/h3-12,18H,13-15H2,1-2H3/t18-/m1/s1. The minimum absolute atomic E-state index is 0.0151. The second-order valence-corrected chi connectivity index (χ2v) is 7.17. The topological polar surface area (TPSA) is 35.5 Å². The Balaban J connectivity index is 1.80. The van der Waals surface area contributed by atoms with E-state index < -0.39 is 0 Å². The highest BCUT2D eigenvalue weighted by Crippen LogP contribution is 2.31. The highest BCUT2D eigenvalue weighted by Gasteiger charge is 2.39. The molecule has 4 heteroatoms. The predicted octanol–water partition coefficient (Wildman–Crippen LogP) is 4.14. The van der Waals surface area contributed by atoms with Gasteiger partial charge in [-0.2, -0.15) is 0 Å². The Labute approximate surface area is 144 Å². The van der Waals surface area contributed by atoms with Gasteiger partial charge in [0.05, 0.1) is 0 Å². The van der Waals surface area contributed by atoms with Gasteiger partial charge in [0.1, 0.15) is 0 Å². The van der Waals surface area contributed by atoms with E-state index in [0.717, 1.165) is 11.1 Å². The van der Waals surface area contributed by atoms with Crippen LogP contribution in [0.5, 0.6) is 0 Å². The van der Waals surface area contributed by atoms with Gasteiger partial charge in [-0.3, -0.25) is 4.79 Å². The van der Waals surface area contributed by atoms with Gasteiger partial charge in [0, 0.05) is 36.4 Å². The largest absolute Gasteiger partial charge is 0.465 e. The van der Waals surface area contributed by atoms with E-state index in [9.17, 15) is 4.79 Å². The summed E-state index contributed by atoms with van der Waals surface area (Å²) >= 11 is 0. The summed E-state index contributed by atoms with van der Waals surface area (Å²) in [5.74, 6) is 0.0106. The van der Waals surface area contributed by atoms with Crippen molar-refractivity contribution in [1.29, 1.82) is 0 Å². The molecule has 0 unspecified atom stereocenters. The summed E-state index contributed by atoms with van der Waals surface area (Å²) in [5.41, 5.74) is 1.82. The third-order valence-corrected chi connectivity index (χ3v) is 4.33. The third kappa shape index (κ3) is 4.13. The normalized spacial score (nSPS) is 18.2. The fraction of sp³-hybridized carbons (Fsp3) is 0.350. The van der Waals surface area contributed by atoms with Crippen LogP contribution in [-0.4, -0.2) is 26.1 Å². The Morgan fingerprint density at radius 2 is 1.54 bits per heavy atom. The van der Waals surface area contributed by atoms with Crippen molar-refractivity contribution in [3.05, 3.63) is 71.8 Å². The van der Waals surface area contributed by atoms with Crippen LogP contribution in [0.2, 0.25) is 0 Å². The van der Waals surface area contributed by atoms with E-state index in [0.29, 0.717) is 19.6 Å². The maximum Gasteiger partial charge on any atom is 0.465 e. The van der Waals surface area contributed by atoms with Gasteiger partial charge in [-0.15, -0.1) is 0 Å². The summed E-state index contributed by atoms with van der Waals surface area (Å²) in [6, 6.07) is 19.4. The maximum atomic E-state index is 12.7. The fourth-order valence-electron chi connectivity index (χ4n) is 2.95. The lowest BCUT2D eigenvalue weighted by Crippen LogP contribution is -2.44. The van der Waals surface area contributed by atoms with E-state index in [1.165, 1.54) is 0 Å². The summed E-state index contributed by atoms with van der Waals surface area (Å²) in [7, 11) is -0.381. The first-order valence-corrected chi connectivity index (χ1v) is 8.42. The molecule has 1 saturated heterocycles. The van der Waals surface area contributed by atoms with E-state index in [1.807, 2.05) is 60.7 Å². The zero-order valence-electron chi connectivity index (χ0n) is 14.3. The van der Waals surface area contributed by atoms with Gasteiger partial charge >= 0.3 is 7.12 Å². The maximum absolute atomic E-state index is 12.7. The molecule has 3 nitrogen and oxygen atoms in total. The molecule has 124 valence electrons. The SMILES string of the molecule is CC1(C)COB([C@H](CC(=O)c2ccccc2)c2ccccc2)OC1. The molecule has 3 rings (SSSR count). The summed E-state index contributed by atoms with van der Waals surface area (Å²) < 4.78 is 11.9. The van der Waals surface area contributed by atoms with E-state index in [4.69, 9.17) is 9.31 Å². The van der Waals surface area contributed by atoms with Crippen molar-refractivity contribution < 1.29 is 14.1 Å². The van der Waals surface area contributed by atoms with E-state index in [2.05, 4.69) is 13.8 Å². The number of Topliss-reactive ketones (excluding diaryl/α,β-unsaturated/α-hetero) is 1.